The molecular formula is C30H36N2O3. The molecule has 3 aromatic carbocycles. The van der Waals surface area contributed by atoms with Crippen LogP contribution in [0.1, 0.15) is 56.2 Å². The number of nitrogens with zero attached hydrogens (tertiary/aromatic N) is 1. The molecule has 5 heteroatoms. The summed E-state index contributed by atoms with van der Waals surface area (Å²) in [6.07, 6.45) is 1.09. The molecule has 0 aliphatic carbocycles. The summed E-state index contributed by atoms with van der Waals surface area (Å²) in [6, 6.07) is 27.2. The summed E-state index contributed by atoms with van der Waals surface area (Å²) in [4.78, 5) is 28.6. The molecule has 2 amide bonds. The predicted molar refractivity (Wildman–Crippen MR) is 140 cm³/mol. The molecule has 5 nitrogen and oxygen atoms in total. The van der Waals surface area contributed by atoms with Gasteiger partial charge in [-0.05, 0) is 49.1 Å². The summed E-state index contributed by atoms with van der Waals surface area (Å²) in [5.74, 6) is 0.393. The van der Waals surface area contributed by atoms with Crippen molar-refractivity contribution in [3.63, 3.8) is 0 Å². The van der Waals surface area contributed by atoms with Gasteiger partial charge in [0.05, 0.1) is 7.11 Å². The van der Waals surface area contributed by atoms with Gasteiger partial charge in [-0.3, -0.25) is 9.59 Å². The Balaban J connectivity index is 1.92. The van der Waals surface area contributed by atoms with E-state index in [0.717, 1.165) is 28.9 Å². The minimum atomic E-state index is -0.616. The molecule has 184 valence electrons. The highest BCUT2D eigenvalue weighted by Gasteiger charge is 2.29. The molecule has 1 N–H and O–H groups in total. The lowest BCUT2D eigenvalue weighted by atomic mass is 9.88. The third-order valence-corrected chi connectivity index (χ3v) is 6.44. The Morgan fingerprint density at radius 3 is 2.03 bits per heavy atom. The normalized spacial score (nSPS) is 12.6. The SMILES string of the molecule is CC[C@@H](C)NC(=O)[C@@H](C)N(Cc1cccc(OC)c1)C(=O)CC(c1ccccc1)c1ccccc1. The molecule has 0 aromatic heterocycles. The van der Waals surface area contributed by atoms with Crippen LogP contribution in [0.3, 0.4) is 0 Å². The van der Waals surface area contributed by atoms with E-state index in [9.17, 15) is 9.59 Å². The van der Waals surface area contributed by atoms with Crippen molar-refractivity contribution in [2.45, 2.75) is 58.2 Å². The van der Waals surface area contributed by atoms with Crippen LogP contribution in [-0.4, -0.2) is 35.9 Å². The van der Waals surface area contributed by atoms with Gasteiger partial charge in [-0.2, -0.15) is 0 Å². The Hall–Kier alpha value is -3.60. The van der Waals surface area contributed by atoms with Crippen molar-refractivity contribution >= 4 is 11.8 Å². The van der Waals surface area contributed by atoms with Crippen molar-refractivity contribution in [3.05, 3.63) is 102 Å². The molecule has 0 spiro atoms. The van der Waals surface area contributed by atoms with Crippen LogP contribution in [-0.2, 0) is 16.1 Å². The molecule has 0 bridgehead atoms. The first kappa shape index (κ1) is 26.0. The Bertz CT molecular complexity index is 1050. The van der Waals surface area contributed by atoms with Crippen LogP contribution in [0.5, 0.6) is 5.75 Å². The van der Waals surface area contributed by atoms with E-state index in [4.69, 9.17) is 4.74 Å². The van der Waals surface area contributed by atoms with Crippen LogP contribution in [0.15, 0.2) is 84.9 Å². The fraction of sp³-hybridized carbons (Fsp3) is 0.333. The number of carbonyl (C=O) groups is 2. The summed E-state index contributed by atoms with van der Waals surface area (Å²) in [7, 11) is 1.62. The van der Waals surface area contributed by atoms with Gasteiger partial charge in [0.25, 0.3) is 0 Å². The summed E-state index contributed by atoms with van der Waals surface area (Å²) in [5, 5.41) is 3.03. The van der Waals surface area contributed by atoms with Crippen LogP contribution in [0.25, 0.3) is 0 Å². The number of methoxy groups -OCH3 is 1. The topological polar surface area (TPSA) is 58.6 Å². The smallest absolute Gasteiger partial charge is 0.242 e. The number of benzene rings is 3. The largest absolute Gasteiger partial charge is 0.497 e. The minimum Gasteiger partial charge on any atom is -0.497 e. The standard InChI is InChI=1S/C30H36N2O3/c1-5-22(2)31-30(34)23(3)32(21-24-13-12-18-27(19-24)35-4)29(33)20-28(25-14-8-6-9-15-25)26-16-10-7-11-17-26/h6-19,22-23,28H,5,20-21H2,1-4H3,(H,31,34)/t22-,23-/m1/s1. The van der Waals surface area contributed by atoms with E-state index in [0.29, 0.717) is 6.54 Å². The number of ether oxygens (including phenoxy) is 1. The van der Waals surface area contributed by atoms with Gasteiger partial charge in [-0.1, -0.05) is 79.7 Å². The van der Waals surface area contributed by atoms with E-state index >= 15 is 0 Å². The van der Waals surface area contributed by atoms with Gasteiger partial charge in [-0.25, -0.2) is 0 Å². The lowest BCUT2D eigenvalue weighted by Crippen LogP contribution is -2.49. The van der Waals surface area contributed by atoms with Gasteiger partial charge in [0.1, 0.15) is 11.8 Å². The average molecular weight is 473 g/mol. The lowest BCUT2D eigenvalue weighted by Gasteiger charge is -2.31. The van der Waals surface area contributed by atoms with Crippen molar-refractivity contribution in [2.75, 3.05) is 7.11 Å². The average Bonchev–Trinajstić information content (AvgIpc) is 2.90. The number of hydrogen-bond acceptors (Lipinski definition) is 3. The van der Waals surface area contributed by atoms with Gasteiger partial charge in [0, 0.05) is 24.9 Å². The number of nitrogens with one attached hydrogen (secondary N) is 1. The number of carbonyl (C=O) groups excluding carboxylic acids is 2. The maximum Gasteiger partial charge on any atom is 0.242 e. The van der Waals surface area contributed by atoms with Crippen molar-refractivity contribution in [3.8, 4) is 5.75 Å². The highest BCUT2D eigenvalue weighted by atomic mass is 16.5. The first-order chi connectivity index (χ1) is 16.9. The van der Waals surface area contributed by atoms with Crippen LogP contribution >= 0.6 is 0 Å². The van der Waals surface area contributed by atoms with E-state index in [1.165, 1.54) is 0 Å². The van der Waals surface area contributed by atoms with Gasteiger partial charge >= 0.3 is 0 Å². The summed E-state index contributed by atoms with van der Waals surface area (Å²) >= 11 is 0. The van der Waals surface area contributed by atoms with E-state index in [1.807, 2.05) is 74.5 Å². The Labute approximate surface area is 209 Å². The zero-order valence-corrected chi connectivity index (χ0v) is 21.1. The fourth-order valence-corrected chi connectivity index (χ4v) is 4.11. The minimum absolute atomic E-state index is 0.0418. The zero-order valence-electron chi connectivity index (χ0n) is 21.1. The van der Waals surface area contributed by atoms with Crippen LogP contribution in [0.4, 0.5) is 0 Å². The molecule has 0 heterocycles. The Kier molecular flexibility index (Phi) is 9.47. The molecule has 0 saturated heterocycles. The highest BCUT2D eigenvalue weighted by molar-refractivity contribution is 5.88. The maximum atomic E-state index is 13.9. The first-order valence-electron chi connectivity index (χ1n) is 12.3. The second-order valence-electron chi connectivity index (χ2n) is 8.95. The summed E-state index contributed by atoms with van der Waals surface area (Å²) in [5.41, 5.74) is 3.06. The molecule has 2 atom stereocenters. The molecule has 0 fully saturated rings. The van der Waals surface area contributed by atoms with E-state index in [2.05, 4.69) is 29.6 Å². The molecule has 3 aromatic rings. The number of rotatable bonds is 11. The lowest BCUT2D eigenvalue weighted by molar-refractivity contribution is -0.141. The second-order valence-corrected chi connectivity index (χ2v) is 8.95. The van der Waals surface area contributed by atoms with Gasteiger partial charge in [0.2, 0.25) is 11.8 Å². The zero-order chi connectivity index (χ0) is 25.2. The van der Waals surface area contributed by atoms with Gasteiger partial charge in [-0.15, -0.1) is 0 Å². The quantitative estimate of drug-likeness (QED) is 0.398. The predicted octanol–water partition coefficient (Wildman–Crippen LogP) is 5.55. The Morgan fingerprint density at radius 2 is 1.49 bits per heavy atom. The van der Waals surface area contributed by atoms with Crippen LogP contribution in [0, 0.1) is 0 Å². The first-order valence-corrected chi connectivity index (χ1v) is 12.3. The molecule has 0 radical (unpaired) electrons. The van der Waals surface area contributed by atoms with Crippen molar-refractivity contribution < 1.29 is 14.3 Å². The maximum absolute atomic E-state index is 13.9. The molecule has 35 heavy (non-hydrogen) atoms. The molecule has 0 aliphatic rings. The monoisotopic (exact) mass is 472 g/mol. The number of amides is 2. The fourth-order valence-electron chi connectivity index (χ4n) is 4.11. The van der Waals surface area contributed by atoms with Crippen molar-refractivity contribution in [1.29, 1.82) is 0 Å². The molecular weight excluding hydrogens is 436 g/mol. The molecule has 0 saturated carbocycles. The second kappa shape index (κ2) is 12.7. The van der Waals surface area contributed by atoms with E-state index in [1.54, 1.807) is 18.9 Å². The molecule has 0 unspecified atom stereocenters. The number of hydrogen-bond donors (Lipinski definition) is 1. The van der Waals surface area contributed by atoms with Crippen LogP contribution in [0.2, 0.25) is 0 Å². The van der Waals surface area contributed by atoms with Crippen LogP contribution < -0.4 is 10.1 Å². The third-order valence-electron chi connectivity index (χ3n) is 6.44. The van der Waals surface area contributed by atoms with Crippen molar-refractivity contribution in [2.24, 2.45) is 0 Å². The summed E-state index contributed by atoms with van der Waals surface area (Å²) in [6.45, 7) is 6.12. The van der Waals surface area contributed by atoms with Gasteiger partial charge < -0.3 is 15.0 Å². The molecule has 3 rings (SSSR count). The Morgan fingerprint density at radius 1 is 0.886 bits per heavy atom. The van der Waals surface area contributed by atoms with E-state index < -0.39 is 6.04 Å². The van der Waals surface area contributed by atoms with E-state index in [-0.39, 0.29) is 30.2 Å². The summed E-state index contributed by atoms with van der Waals surface area (Å²) < 4.78 is 5.37. The molecule has 0 aliphatic heterocycles. The van der Waals surface area contributed by atoms with Gasteiger partial charge in [0.15, 0.2) is 0 Å². The third kappa shape index (κ3) is 7.19. The highest BCUT2D eigenvalue weighted by Crippen LogP contribution is 2.29. The van der Waals surface area contributed by atoms with Crippen molar-refractivity contribution in [1.82, 2.24) is 10.2 Å².